The number of nitrogens with two attached hydrogens (primary N) is 1. The fourth-order valence-corrected chi connectivity index (χ4v) is 3.13. The third-order valence-electron chi connectivity index (χ3n) is 4.34. The molecule has 1 heterocycles. The van der Waals surface area contributed by atoms with E-state index in [2.05, 4.69) is 22.3 Å². The Morgan fingerprint density at radius 3 is 2.68 bits per heavy atom. The molecule has 25 heavy (non-hydrogen) atoms. The molecule has 5 nitrogen and oxygen atoms in total. The van der Waals surface area contributed by atoms with Crippen molar-refractivity contribution in [1.82, 2.24) is 10.2 Å². The highest BCUT2D eigenvalue weighted by molar-refractivity contribution is 5.85. The Labute approximate surface area is 157 Å². The van der Waals surface area contributed by atoms with Crippen molar-refractivity contribution in [2.24, 2.45) is 5.73 Å². The number of carbonyl (C=O) groups is 1. The van der Waals surface area contributed by atoms with Crippen LogP contribution >= 0.6 is 12.4 Å². The van der Waals surface area contributed by atoms with Crippen molar-refractivity contribution in [3.8, 4) is 5.75 Å². The summed E-state index contributed by atoms with van der Waals surface area (Å²) in [6.07, 6.45) is 4.19. The molecule has 0 aliphatic carbocycles. The summed E-state index contributed by atoms with van der Waals surface area (Å²) in [7, 11) is 0. The van der Waals surface area contributed by atoms with Crippen LogP contribution in [0.2, 0.25) is 0 Å². The van der Waals surface area contributed by atoms with Gasteiger partial charge in [-0.2, -0.15) is 0 Å². The fraction of sp³-hybridized carbons (Fsp3) is 0.632. The molecular weight excluding hydrogens is 338 g/mol. The van der Waals surface area contributed by atoms with Crippen LogP contribution in [0.15, 0.2) is 24.3 Å². The Kier molecular flexibility index (Phi) is 9.86. The second-order valence-corrected chi connectivity index (χ2v) is 6.77. The molecule has 1 aliphatic heterocycles. The van der Waals surface area contributed by atoms with Crippen LogP contribution in [0.4, 0.5) is 0 Å². The van der Waals surface area contributed by atoms with Gasteiger partial charge in [0.25, 0.3) is 0 Å². The zero-order valence-electron chi connectivity index (χ0n) is 15.4. The molecule has 1 atom stereocenters. The predicted molar refractivity (Wildman–Crippen MR) is 104 cm³/mol. The van der Waals surface area contributed by atoms with E-state index >= 15 is 0 Å². The van der Waals surface area contributed by atoms with Crippen molar-refractivity contribution >= 4 is 18.3 Å². The normalized spacial score (nSPS) is 17.8. The predicted octanol–water partition coefficient (Wildman–Crippen LogP) is 2.72. The SMILES string of the molecule is CC(C)Oc1ccc(CN2CCCCC2CNC(=O)CCN)cc1.Cl. The van der Waals surface area contributed by atoms with E-state index in [0.29, 0.717) is 25.6 Å². The third kappa shape index (κ3) is 7.63. The molecule has 142 valence electrons. The van der Waals surface area contributed by atoms with Crippen LogP contribution in [-0.4, -0.2) is 42.6 Å². The number of ether oxygens (including phenoxy) is 1. The lowest BCUT2D eigenvalue weighted by molar-refractivity contribution is -0.121. The van der Waals surface area contributed by atoms with Crippen LogP contribution in [0.25, 0.3) is 0 Å². The number of hydrogen-bond acceptors (Lipinski definition) is 4. The van der Waals surface area contributed by atoms with Gasteiger partial charge in [-0.15, -0.1) is 12.4 Å². The van der Waals surface area contributed by atoms with Gasteiger partial charge in [-0.3, -0.25) is 9.69 Å². The topological polar surface area (TPSA) is 67.6 Å². The Balaban J connectivity index is 0.00000312. The van der Waals surface area contributed by atoms with Crippen LogP contribution in [0.1, 0.15) is 45.1 Å². The molecule has 3 N–H and O–H groups in total. The van der Waals surface area contributed by atoms with Crippen molar-refractivity contribution in [2.45, 2.75) is 58.2 Å². The van der Waals surface area contributed by atoms with Crippen molar-refractivity contribution in [1.29, 1.82) is 0 Å². The summed E-state index contributed by atoms with van der Waals surface area (Å²) in [6, 6.07) is 8.76. The first-order valence-corrected chi connectivity index (χ1v) is 9.05. The van der Waals surface area contributed by atoms with Gasteiger partial charge in [0.05, 0.1) is 6.10 Å². The van der Waals surface area contributed by atoms with Crippen LogP contribution in [0.5, 0.6) is 5.75 Å². The Bertz CT molecular complexity index is 508. The lowest BCUT2D eigenvalue weighted by atomic mass is 10.0. The molecule has 1 unspecified atom stereocenters. The van der Waals surface area contributed by atoms with Gasteiger partial charge in [0.1, 0.15) is 5.75 Å². The lowest BCUT2D eigenvalue weighted by Crippen LogP contribution is -2.46. The van der Waals surface area contributed by atoms with E-state index in [1.807, 2.05) is 26.0 Å². The van der Waals surface area contributed by atoms with E-state index in [1.165, 1.54) is 18.4 Å². The summed E-state index contributed by atoms with van der Waals surface area (Å²) >= 11 is 0. The highest BCUT2D eigenvalue weighted by atomic mass is 35.5. The van der Waals surface area contributed by atoms with Crippen LogP contribution in [0, 0.1) is 0 Å². The minimum atomic E-state index is 0. The van der Waals surface area contributed by atoms with Gasteiger partial charge in [0.2, 0.25) is 5.91 Å². The summed E-state index contributed by atoms with van der Waals surface area (Å²) in [6.45, 7) is 7.19. The van der Waals surface area contributed by atoms with Crippen molar-refractivity contribution in [2.75, 3.05) is 19.6 Å². The quantitative estimate of drug-likeness (QED) is 0.739. The van der Waals surface area contributed by atoms with Gasteiger partial charge in [0.15, 0.2) is 0 Å². The number of halogens is 1. The lowest BCUT2D eigenvalue weighted by Gasteiger charge is -2.36. The van der Waals surface area contributed by atoms with Crippen LogP contribution < -0.4 is 15.8 Å². The summed E-state index contributed by atoms with van der Waals surface area (Å²) in [5.41, 5.74) is 6.71. The molecule has 1 aromatic rings. The van der Waals surface area contributed by atoms with Gasteiger partial charge in [0, 0.05) is 32.1 Å². The molecular formula is C19H32ClN3O2. The Morgan fingerprint density at radius 1 is 1.32 bits per heavy atom. The number of hydrogen-bond donors (Lipinski definition) is 2. The van der Waals surface area contributed by atoms with Gasteiger partial charge in [-0.05, 0) is 50.9 Å². The number of nitrogens with one attached hydrogen (secondary N) is 1. The van der Waals surface area contributed by atoms with Crippen LogP contribution in [0.3, 0.4) is 0 Å². The molecule has 1 aromatic carbocycles. The zero-order valence-corrected chi connectivity index (χ0v) is 16.2. The van der Waals surface area contributed by atoms with Crippen molar-refractivity contribution in [3.63, 3.8) is 0 Å². The monoisotopic (exact) mass is 369 g/mol. The first-order chi connectivity index (χ1) is 11.6. The van der Waals surface area contributed by atoms with Crippen LogP contribution in [-0.2, 0) is 11.3 Å². The van der Waals surface area contributed by atoms with E-state index in [9.17, 15) is 4.79 Å². The highest BCUT2D eigenvalue weighted by Crippen LogP contribution is 2.21. The number of carbonyl (C=O) groups excluding carboxylic acids is 1. The van der Waals surface area contributed by atoms with E-state index in [0.717, 1.165) is 25.3 Å². The molecule has 1 aliphatic rings. The molecule has 0 radical (unpaired) electrons. The third-order valence-corrected chi connectivity index (χ3v) is 4.34. The van der Waals surface area contributed by atoms with E-state index < -0.39 is 0 Å². The maximum atomic E-state index is 11.7. The van der Waals surface area contributed by atoms with Gasteiger partial charge < -0.3 is 15.8 Å². The average Bonchev–Trinajstić information content (AvgIpc) is 2.56. The fourth-order valence-electron chi connectivity index (χ4n) is 3.13. The number of piperidine rings is 1. The zero-order chi connectivity index (χ0) is 17.4. The largest absolute Gasteiger partial charge is 0.491 e. The maximum Gasteiger partial charge on any atom is 0.221 e. The second-order valence-electron chi connectivity index (χ2n) is 6.77. The molecule has 1 saturated heterocycles. The average molecular weight is 370 g/mol. The summed E-state index contributed by atoms with van der Waals surface area (Å²) < 4.78 is 5.70. The number of benzene rings is 1. The molecule has 0 saturated carbocycles. The molecule has 0 aromatic heterocycles. The van der Waals surface area contributed by atoms with E-state index in [4.69, 9.17) is 10.5 Å². The minimum absolute atomic E-state index is 0. The van der Waals surface area contributed by atoms with Gasteiger partial charge in [-0.25, -0.2) is 0 Å². The van der Waals surface area contributed by atoms with Gasteiger partial charge in [-0.1, -0.05) is 18.6 Å². The number of likely N-dealkylation sites (tertiary alicyclic amines) is 1. The van der Waals surface area contributed by atoms with Crippen molar-refractivity contribution in [3.05, 3.63) is 29.8 Å². The first kappa shape index (κ1) is 21.7. The van der Waals surface area contributed by atoms with E-state index in [1.54, 1.807) is 0 Å². The molecule has 1 amide bonds. The van der Waals surface area contributed by atoms with Gasteiger partial charge >= 0.3 is 0 Å². The van der Waals surface area contributed by atoms with Crippen molar-refractivity contribution < 1.29 is 9.53 Å². The summed E-state index contributed by atoms with van der Waals surface area (Å²) in [5.74, 6) is 0.969. The summed E-state index contributed by atoms with van der Waals surface area (Å²) in [4.78, 5) is 14.1. The number of amides is 1. The second kappa shape index (κ2) is 11.3. The smallest absolute Gasteiger partial charge is 0.221 e. The molecule has 0 spiro atoms. The first-order valence-electron chi connectivity index (χ1n) is 9.05. The number of rotatable bonds is 8. The Hall–Kier alpha value is -1.30. The number of nitrogens with zero attached hydrogens (tertiary/aromatic N) is 1. The molecule has 1 fully saturated rings. The standard InChI is InChI=1S/C19H31N3O2.ClH/c1-15(2)24-18-8-6-16(7-9-18)14-22-12-4-3-5-17(22)13-21-19(23)10-11-20;/h6-9,15,17H,3-5,10-14,20H2,1-2H3,(H,21,23);1H. The molecule has 2 rings (SSSR count). The Morgan fingerprint density at radius 2 is 2.04 bits per heavy atom. The molecule has 0 bridgehead atoms. The summed E-state index contributed by atoms with van der Waals surface area (Å²) in [5, 5.41) is 3.02. The van der Waals surface area contributed by atoms with E-state index in [-0.39, 0.29) is 24.4 Å². The highest BCUT2D eigenvalue weighted by Gasteiger charge is 2.22. The maximum absolute atomic E-state index is 11.7. The molecule has 6 heteroatoms. The minimum Gasteiger partial charge on any atom is -0.491 e.